The van der Waals surface area contributed by atoms with Crippen LogP contribution in [0.15, 0.2) is 21.1 Å². The molecule has 136 valence electrons. The molecule has 1 aliphatic heterocycles. The number of amides is 1. The number of carbonyl (C=O) groups excluding carboxylic acids is 1. The molecule has 1 aliphatic rings. The van der Waals surface area contributed by atoms with Crippen LogP contribution in [0.5, 0.6) is 0 Å². The fourth-order valence-corrected chi connectivity index (χ4v) is 2.78. The molecule has 8 nitrogen and oxygen atoms in total. The Kier molecular flexibility index (Phi) is 5.52. The molecule has 1 saturated heterocycles. The summed E-state index contributed by atoms with van der Waals surface area (Å²) in [5.74, 6) is 0.869. The van der Waals surface area contributed by atoms with Gasteiger partial charge in [-0.15, -0.1) is 0 Å². The molecule has 2 aromatic rings. The summed E-state index contributed by atoms with van der Waals surface area (Å²) in [7, 11) is 0. The topological polar surface area (TPSA) is 107 Å². The van der Waals surface area contributed by atoms with Crippen LogP contribution in [-0.2, 0) is 22.7 Å². The molecule has 2 aromatic heterocycles. The number of ether oxygens (including phenoxy) is 2. The highest BCUT2D eigenvalue weighted by Crippen LogP contribution is 2.19. The zero-order valence-corrected chi connectivity index (χ0v) is 14.3. The van der Waals surface area contributed by atoms with E-state index in [0.717, 1.165) is 17.0 Å². The second-order valence-corrected chi connectivity index (χ2v) is 6.02. The van der Waals surface area contributed by atoms with Crippen LogP contribution in [0.1, 0.15) is 39.8 Å². The Bertz CT molecular complexity index is 703. The van der Waals surface area contributed by atoms with Gasteiger partial charge in [0.25, 0.3) is 5.91 Å². The molecule has 0 aliphatic carbocycles. The molecule has 0 bridgehead atoms. The second kappa shape index (κ2) is 7.81. The van der Waals surface area contributed by atoms with Gasteiger partial charge in [-0.2, -0.15) is 0 Å². The van der Waals surface area contributed by atoms with Gasteiger partial charge in [-0.25, -0.2) is 0 Å². The van der Waals surface area contributed by atoms with Gasteiger partial charge in [0, 0.05) is 12.2 Å². The Labute approximate surface area is 145 Å². The number of hydrogen-bond acceptors (Lipinski definition) is 7. The molecular weight excluding hydrogens is 328 g/mol. The highest BCUT2D eigenvalue weighted by atomic mass is 16.5. The molecule has 2 atom stereocenters. The summed E-state index contributed by atoms with van der Waals surface area (Å²) in [6, 6.07) is 2.81. The van der Waals surface area contributed by atoms with Crippen LogP contribution in [-0.4, -0.2) is 41.5 Å². The number of aliphatic hydroxyl groups is 1. The normalized spacial score (nSPS) is 20.6. The number of rotatable bonds is 6. The Morgan fingerprint density at radius 2 is 2.28 bits per heavy atom. The van der Waals surface area contributed by atoms with Gasteiger partial charge in [0.05, 0.1) is 31.1 Å². The average Bonchev–Trinajstić information content (AvgIpc) is 3.22. The Morgan fingerprint density at radius 1 is 1.44 bits per heavy atom. The van der Waals surface area contributed by atoms with Crippen molar-refractivity contribution in [1.29, 1.82) is 0 Å². The number of carbonyl (C=O) groups is 1. The molecule has 2 N–H and O–H groups in total. The molecule has 0 aromatic carbocycles. The van der Waals surface area contributed by atoms with Gasteiger partial charge in [-0.3, -0.25) is 4.79 Å². The van der Waals surface area contributed by atoms with Gasteiger partial charge >= 0.3 is 0 Å². The molecule has 8 heteroatoms. The highest BCUT2D eigenvalue weighted by molar-refractivity contribution is 5.91. The predicted molar refractivity (Wildman–Crippen MR) is 85.9 cm³/mol. The van der Waals surface area contributed by atoms with Crippen molar-refractivity contribution in [2.24, 2.45) is 0 Å². The standard InChI is InChI=1S/C17H22N2O6/c1-10-13(11(2)25-19-10)8-23-15-5-6-22-9-14(15)18-17(21)16-4-3-12(7-20)24-16/h3-4,14-15,20H,5-9H2,1-2H3,(H,18,21)/t14-,15+/m0/s1. The van der Waals surface area contributed by atoms with Crippen LogP contribution in [0.4, 0.5) is 0 Å². The number of furan rings is 1. The van der Waals surface area contributed by atoms with Crippen LogP contribution < -0.4 is 5.32 Å². The van der Waals surface area contributed by atoms with Crippen molar-refractivity contribution in [2.75, 3.05) is 13.2 Å². The largest absolute Gasteiger partial charge is 0.453 e. The molecule has 25 heavy (non-hydrogen) atoms. The second-order valence-electron chi connectivity index (χ2n) is 6.02. The zero-order chi connectivity index (χ0) is 17.8. The molecule has 0 unspecified atom stereocenters. The van der Waals surface area contributed by atoms with Crippen molar-refractivity contribution in [3.63, 3.8) is 0 Å². The van der Waals surface area contributed by atoms with E-state index in [9.17, 15) is 4.79 Å². The minimum atomic E-state index is -0.360. The van der Waals surface area contributed by atoms with E-state index in [0.29, 0.717) is 32.0 Å². The van der Waals surface area contributed by atoms with Crippen molar-refractivity contribution in [2.45, 2.75) is 45.6 Å². The number of nitrogens with one attached hydrogen (secondary N) is 1. The quantitative estimate of drug-likeness (QED) is 0.812. The first kappa shape index (κ1) is 17.7. The summed E-state index contributed by atoms with van der Waals surface area (Å²) < 4.78 is 21.9. The van der Waals surface area contributed by atoms with Crippen molar-refractivity contribution in [1.82, 2.24) is 10.5 Å². The van der Waals surface area contributed by atoms with Crippen LogP contribution in [0.3, 0.4) is 0 Å². The third-order valence-corrected chi connectivity index (χ3v) is 4.27. The van der Waals surface area contributed by atoms with E-state index in [1.54, 1.807) is 6.07 Å². The zero-order valence-electron chi connectivity index (χ0n) is 14.3. The molecule has 3 heterocycles. The Morgan fingerprint density at radius 3 is 2.96 bits per heavy atom. The predicted octanol–water partition coefficient (Wildman–Crippen LogP) is 1.48. The van der Waals surface area contributed by atoms with Crippen LogP contribution in [0, 0.1) is 13.8 Å². The summed E-state index contributed by atoms with van der Waals surface area (Å²) in [5.41, 5.74) is 1.73. The highest BCUT2D eigenvalue weighted by Gasteiger charge is 2.29. The average molecular weight is 350 g/mol. The van der Waals surface area contributed by atoms with E-state index < -0.39 is 0 Å². The molecule has 1 fully saturated rings. The van der Waals surface area contributed by atoms with E-state index in [-0.39, 0.29) is 30.4 Å². The monoisotopic (exact) mass is 350 g/mol. The number of aromatic nitrogens is 1. The summed E-state index contributed by atoms with van der Waals surface area (Å²) in [4.78, 5) is 12.3. The third kappa shape index (κ3) is 4.09. The minimum Gasteiger partial charge on any atom is -0.453 e. The summed E-state index contributed by atoms with van der Waals surface area (Å²) >= 11 is 0. The third-order valence-electron chi connectivity index (χ3n) is 4.27. The lowest BCUT2D eigenvalue weighted by molar-refractivity contribution is -0.0609. The van der Waals surface area contributed by atoms with Gasteiger partial charge < -0.3 is 28.8 Å². The maximum Gasteiger partial charge on any atom is 0.287 e. The Balaban J connectivity index is 1.61. The minimum absolute atomic E-state index is 0.152. The maximum atomic E-state index is 12.3. The van der Waals surface area contributed by atoms with Crippen molar-refractivity contribution < 1.29 is 28.3 Å². The van der Waals surface area contributed by atoms with Crippen LogP contribution >= 0.6 is 0 Å². The van der Waals surface area contributed by atoms with Crippen molar-refractivity contribution in [3.05, 3.63) is 40.7 Å². The first-order chi connectivity index (χ1) is 12.1. The molecule has 0 radical (unpaired) electrons. The van der Waals surface area contributed by atoms with E-state index >= 15 is 0 Å². The number of nitrogens with zero attached hydrogens (tertiary/aromatic N) is 1. The van der Waals surface area contributed by atoms with Gasteiger partial charge in [-0.05, 0) is 32.4 Å². The molecule has 1 amide bonds. The first-order valence-corrected chi connectivity index (χ1v) is 8.20. The van der Waals surface area contributed by atoms with Crippen molar-refractivity contribution in [3.8, 4) is 0 Å². The van der Waals surface area contributed by atoms with Gasteiger partial charge in [0.2, 0.25) is 0 Å². The van der Waals surface area contributed by atoms with Crippen LogP contribution in [0.2, 0.25) is 0 Å². The fourth-order valence-electron chi connectivity index (χ4n) is 2.78. The summed E-state index contributed by atoms with van der Waals surface area (Å²) in [6.07, 6.45) is 0.493. The van der Waals surface area contributed by atoms with E-state index in [1.165, 1.54) is 6.07 Å². The summed E-state index contributed by atoms with van der Waals surface area (Å²) in [6.45, 7) is 4.78. The lowest BCUT2D eigenvalue weighted by Gasteiger charge is -2.31. The molecule has 0 saturated carbocycles. The SMILES string of the molecule is Cc1noc(C)c1CO[C@@H]1CCOC[C@@H]1NC(=O)c1ccc(CO)o1. The lowest BCUT2D eigenvalue weighted by Crippen LogP contribution is -2.50. The molecule has 0 spiro atoms. The Hall–Kier alpha value is -2.16. The van der Waals surface area contributed by atoms with E-state index in [1.807, 2.05) is 13.8 Å². The van der Waals surface area contributed by atoms with E-state index in [2.05, 4.69) is 10.5 Å². The lowest BCUT2D eigenvalue weighted by atomic mass is 10.1. The van der Waals surface area contributed by atoms with Gasteiger partial charge in [-0.1, -0.05) is 5.16 Å². The van der Waals surface area contributed by atoms with Crippen LogP contribution in [0.25, 0.3) is 0 Å². The molecule has 3 rings (SSSR count). The molecular formula is C17H22N2O6. The van der Waals surface area contributed by atoms with Gasteiger partial charge in [0.15, 0.2) is 5.76 Å². The first-order valence-electron chi connectivity index (χ1n) is 8.20. The van der Waals surface area contributed by atoms with Crippen molar-refractivity contribution >= 4 is 5.91 Å². The number of aliphatic hydroxyl groups excluding tert-OH is 1. The van der Waals surface area contributed by atoms with E-state index in [4.69, 9.17) is 23.5 Å². The fraction of sp³-hybridized carbons (Fsp3) is 0.529. The maximum absolute atomic E-state index is 12.3. The number of hydrogen-bond donors (Lipinski definition) is 2. The smallest absolute Gasteiger partial charge is 0.287 e. The summed E-state index contributed by atoms with van der Waals surface area (Å²) in [5, 5.41) is 15.8. The number of aryl methyl sites for hydroxylation is 2. The van der Waals surface area contributed by atoms with Gasteiger partial charge in [0.1, 0.15) is 18.1 Å².